The Balaban J connectivity index is 2.03. The highest BCUT2D eigenvalue weighted by atomic mass is 16.4. The van der Waals surface area contributed by atoms with Crippen molar-refractivity contribution < 1.29 is 14.7 Å². The predicted molar refractivity (Wildman–Crippen MR) is 62.0 cm³/mol. The molecule has 92 valence electrons. The van der Waals surface area contributed by atoms with Gasteiger partial charge >= 0.3 is 5.97 Å². The highest BCUT2D eigenvalue weighted by molar-refractivity contribution is 6.03. The second-order valence-electron chi connectivity index (χ2n) is 4.18. The van der Waals surface area contributed by atoms with Gasteiger partial charge in [-0.2, -0.15) is 0 Å². The van der Waals surface area contributed by atoms with Gasteiger partial charge in [0.2, 0.25) is 5.91 Å². The van der Waals surface area contributed by atoms with Gasteiger partial charge in [0.1, 0.15) is 17.8 Å². The Morgan fingerprint density at radius 1 is 1.50 bits per heavy atom. The second-order valence-corrected chi connectivity index (χ2v) is 4.18. The Kier molecular flexibility index (Phi) is 2.26. The lowest BCUT2D eigenvalue weighted by Gasteiger charge is -2.15. The number of rotatable bonds is 2. The smallest absolute Gasteiger partial charge is 0.308 e. The Bertz CT molecular complexity index is 636. The Morgan fingerprint density at radius 2 is 2.33 bits per heavy atom. The highest BCUT2D eigenvalue weighted by Crippen LogP contribution is 2.28. The number of nitrogens with zero attached hydrogens (tertiary/aromatic N) is 3. The fraction of sp³-hybridized carbons (Fsp3) is 0.273. The zero-order valence-electron chi connectivity index (χ0n) is 9.33. The number of hydrogen-bond donors (Lipinski definition) is 2. The third-order valence-corrected chi connectivity index (χ3v) is 3.06. The molecule has 18 heavy (non-hydrogen) atoms. The number of nitrogens with one attached hydrogen (secondary N) is 1. The maximum Gasteiger partial charge on any atom is 0.308 e. The fourth-order valence-electron chi connectivity index (χ4n) is 2.15. The molecule has 1 atom stereocenters. The van der Waals surface area contributed by atoms with Crippen molar-refractivity contribution in [1.82, 2.24) is 15.0 Å². The summed E-state index contributed by atoms with van der Waals surface area (Å²) in [5.74, 6) is -1.37. The number of carboxylic acid groups (broad SMARTS) is 1. The minimum Gasteiger partial charge on any atom is -0.481 e. The van der Waals surface area contributed by atoms with Crippen molar-refractivity contribution in [2.75, 3.05) is 11.4 Å². The van der Waals surface area contributed by atoms with Crippen LogP contribution in [0.5, 0.6) is 0 Å². The third kappa shape index (κ3) is 1.52. The van der Waals surface area contributed by atoms with Gasteiger partial charge in [-0.05, 0) is 6.07 Å². The van der Waals surface area contributed by atoms with Crippen LogP contribution >= 0.6 is 0 Å². The molecule has 0 aromatic carbocycles. The minimum absolute atomic E-state index is 0.0191. The summed E-state index contributed by atoms with van der Waals surface area (Å²) in [5.41, 5.74) is 0.631. The lowest BCUT2D eigenvalue weighted by atomic mass is 10.1. The van der Waals surface area contributed by atoms with Crippen molar-refractivity contribution in [3.63, 3.8) is 0 Å². The van der Waals surface area contributed by atoms with Gasteiger partial charge in [0.25, 0.3) is 0 Å². The first-order valence-corrected chi connectivity index (χ1v) is 5.48. The maximum atomic E-state index is 11.8. The number of H-pyrrole nitrogens is 1. The van der Waals surface area contributed by atoms with Gasteiger partial charge in [0, 0.05) is 19.2 Å². The molecule has 0 radical (unpaired) electrons. The normalized spacial score (nSPS) is 19.7. The van der Waals surface area contributed by atoms with Gasteiger partial charge in [0.15, 0.2) is 0 Å². The molecule has 2 aromatic heterocycles. The molecule has 0 spiro atoms. The van der Waals surface area contributed by atoms with Crippen LogP contribution in [-0.2, 0) is 9.59 Å². The van der Waals surface area contributed by atoms with E-state index in [1.54, 1.807) is 12.3 Å². The van der Waals surface area contributed by atoms with E-state index < -0.39 is 11.9 Å². The lowest BCUT2D eigenvalue weighted by molar-refractivity contribution is -0.141. The number of aromatic amines is 1. The van der Waals surface area contributed by atoms with Crippen molar-refractivity contribution in [2.24, 2.45) is 5.92 Å². The molecule has 0 saturated carbocycles. The van der Waals surface area contributed by atoms with Crippen LogP contribution in [0.15, 0.2) is 18.6 Å². The van der Waals surface area contributed by atoms with Crippen LogP contribution < -0.4 is 4.90 Å². The second kappa shape index (κ2) is 3.80. The van der Waals surface area contributed by atoms with Gasteiger partial charge in [0.05, 0.1) is 11.3 Å². The summed E-state index contributed by atoms with van der Waals surface area (Å²) < 4.78 is 0. The Labute approximate surface area is 101 Å². The number of carbonyl (C=O) groups excluding carboxylic acids is 1. The van der Waals surface area contributed by atoms with E-state index in [-0.39, 0.29) is 18.9 Å². The number of carboxylic acids is 1. The highest BCUT2D eigenvalue weighted by Gasteiger charge is 2.36. The molecule has 1 unspecified atom stereocenters. The Morgan fingerprint density at radius 3 is 3.06 bits per heavy atom. The number of anilines is 1. The number of carbonyl (C=O) groups is 2. The molecule has 1 aliphatic rings. The molecule has 1 fully saturated rings. The van der Waals surface area contributed by atoms with Crippen LogP contribution in [-0.4, -0.2) is 38.5 Å². The number of aliphatic carboxylic acids is 1. The first kappa shape index (κ1) is 10.7. The van der Waals surface area contributed by atoms with Crippen LogP contribution in [0, 0.1) is 5.92 Å². The van der Waals surface area contributed by atoms with E-state index in [1.165, 1.54) is 11.2 Å². The summed E-state index contributed by atoms with van der Waals surface area (Å²) >= 11 is 0. The molecular formula is C11H10N4O3. The molecule has 0 bridgehead atoms. The molecule has 3 heterocycles. The predicted octanol–water partition coefficient (Wildman–Crippen LogP) is 0.395. The van der Waals surface area contributed by atoms with Gasteiger partial charge < -0.3 is 10.1 Å². The van der Waals surface area contributed by atoms with E-state index in [0.717, 1.165) is 5.39 Å². The third-order valence-electron chi connectivity index (χ3n) is 3.06. The molecule has 1 aliphatic heterocycles. The number of fused-ring (bicyclic) bond motifs is 1. The largest absolute Gasteiger partial charge is 0.481 e. The summed E-state index contributed by atoms with van der Waals surface area (Å²) in [5, 5.41) is 9.67. The van der Waals surface area contributed by atoms with Gasteiger partial charge in [-0.1, -0.05) is 0 Å². The summed E-state index contributed by atoms with van der Waals surface area (Å²) in [6.45, 7) is 0.158. The van der Waals surface area contributed by atoms with E-state index in [1.807, 2.05) is 0 Å². The molecular weight excluding hydrogens is 236 g/mol. The van der Waals surface area contributed by atoms with Crippen LogP contribution in [0.4, 0.5) is 5.82 Å². The molecule has 7 heteroatoms. The summed E-state index contributed by atoms with van der Waals surface area (Å²) in [6, 6.07) is 1.77. The quantitative estimate of drug-likeness (QED) is 0.798. The zero-order valence-corrected chi connectivity index (χ0v) is 9.33. The minimum atomic E-state index is -0.954. The molecule has 7 nitrogen and oxygen atoms in total. The van der Waals surface area contributed by atoms with Crippen molar-refractivity contribution in [2.45, 2.75) is 6.42 Å². The summed E-state index contributed by atoms with van der Waals surface area (Å²) in [4.78, 5) is 35.2. The molecule has 1 amide bonds. The molecule has 2 N–H and O–H groups in total. The van der Waals surface area contributed by atoms with Crippen molar-refractivity contribution >= 4 is 28.7 Å². The van der Waals surface area contributed by atoms with Crippen LogP contribution in [0.25, 0.3) is 11.0 Å². The van der Waals surface area contributed by atoms with Crippen molar-refractivity contribution in [3.8, 4) is 0 Å². The van der Waals surface area contributed by atoms with Crippen LogP contribution in [0.1, 0.15) is 6.42 Å². The summed E-state index contributed by atoms with van der Waals surface area (Å²) in [6.07, 6.45) is 3.08. The Hall–Kier alpha value is -2.44. The van der Waals surface area contributed by atoms with Gasteiger partial charge in [-0.3, -0.25) is 14.5 Å². The van der Waals surface area contributed by atoms with Gasteiger partial charge in [-0.25, -0.2) is 9.97 Å². The fourth-order valence-corrected chi connectivity index (χ4v) is 2.15. The molecule has 0 aliphatic carbocycles. The number of hydrogen-bond acceptors (Lipinski definition) is 4. The van der Waals surface area contributed by atoms with Crippen molar-refractivity contribution in [3.05, 3.63) is 18.6 Å². The first-order valence-electron chi connectivity index (χ1n) is 5.48. The first-order chi connectivity index (χ1) is 8.66. The molecule has 3 rings (SSSR count). The monoisotopic (exact) mass is 246 g/mol. The van der Waals surface area contributed by atoms with E-state index in [0.29, 0.717) is 11.5 Å². The molecule has 2 aromatic rings. The number of amides is 1. The zero-order chi connectivity index (χ0) is 12.7. The SMILES string of the molecule is O=C(O)C1CC(=O)N(c2ncnc3[nH]ccc23)C1. The van der Waals surface area contributed by atoms with E-state index in [9.17, 15) is 9.59 Å². The van der Waals surface area contributed by atoms with Crippen LogP contribution in [0.3, 0.4) is 0 Å². The molecule has 1 saturated heterocycles. The van der Waals surface area contributed by atoms with E-state index in [4.69, 9.17) is 5.11 Å². The topological polar surface area (TPSA) is 99.2 Å². The van der Waals surface area contributed by atoms with Crippen molar-refractivity contribution in [1.29, 1.82) is 0 Å². The maximum absolute atomic E-state index is 11.8. The van der Waals surface area contributed by atoms with E-state index in [2.05, 4.69) is 15.0 Å². The van der Waals surface area contributed by atoms with E-state index >= 15 is 0 Å². The lowest BCUT2D eigenvalue weighted by Crippen LogP contribution is -2.26. The number of aromatic nitrogens is 3. The average molecular weight is 246 g/mol. The summed E-state index contributed by atoms with van der Waals surface area (Å²) in [7, 11) is 0. The average Bonchev–Trinajstić information content (AvgIpc) is 2.94. The van der Waals surface area contributed by atoms with Crippen LogP contribution in [0.2, 0.25) is 0 Å². The van der Waals surface area contributed by atoms with Gasteiger partial charge in [-0.15, -0.1) is 0 Å². The standard InChI is InChI=1S/C11H10N4O3/c16-8-3-6(11(17)18)4-15(8)10-7-1-2-12-9(7)13-5-14-10/h1-2,5-6H,3-4H2,(H,17,18)(H,12,13,14).